The third kappa shape index (κ3) is 3.49. The van der Waals surface area contributed by atoms with Crippen molar-refractivity contribution in [3.8, 4) is 0 Å². The van der Waals surface area contributed by atoms with Crippen LogP contribution in [-0.4, -0.2) is 11.2 Å². The first-order chi connectivity index (χ1) is 8.36. The van der Waals surface area contributed by atoms with Crippen LogP contribution in [0.5, 0.6) is 0 Å². The van der Waals surface area contributed by atoms with Crippen molar-refractivity contribution in [2.75, 3.05) is 5.32 Å². The van der Waals surface area contributed by atoms with Crippen molar-refractivity contribution < 1.29 is 13.2 Å². The van der Waals surface area contributed by atoms with Crippen molar-refractivity contribution >= 4 is 34.6 Å². The van der Waals surface area contributed by atoms with Crippen LogP contribution in [0, 0.1) is 0 Å². The van der Waals surface area contributed by atoms with Crippen molar-refractivity contribution in [1.29, 1.82) is 0 Å². The van der Waals surface area contributed by atoms with Gasteiger partial charge in [0.1, 0.15) is 0 Å². The first-order valence-corrected chi connectivity index (χ1v) is 6.09. The highest BCUT2D eigenvalue weighted by Gasteiger charge is 2.34. The molecule has 0 radical (unpaired) electrons. The molecular formula is C11H10ClF3N2S. The van der Waals surface area contributed by atoms with E-state index in [1.165, 1.54) is 12.1 Å². The Bertz CT molecular complexity index is 472. The Hall–Kier alpha value is -1.01. The molecule has 1 aliphatic carbocycles. The number of hydrogen-bond donors (Lipinski definition) is 2. The third-order valence-corrected chi connectivity index (χ3v) is 2.90. The topological polar surface area (TPSA) is 24.1 Å². The number of benzene rings is 1. The van der Waals surface area contributed by atoms with Gasteiger partial charge in [-0.2, -0.15) is 13.2 Å². The summed E-state index contributed by atoms with van der Waals surface area (Å²) in [6.07, 6.45) is -2.48. The van der Waals surface area contributed by atoms with E-state index in [0.29, 0.717) is 0 Å². The zero-order valence-electron chi connectivity index (χ0n) is 9.14. The number of anilines is 1. The zero-order chi connectivity index (χ0) is 13.3. The number of nitrogens with one attached hydrogen (secondary N) is 2. The quantitative estimate of drug-likeness (QED) is 0.811. The number of hydrogen-bond acceptors (Lipinski definition) is 1. The number of alkyl halides is 3. The molecule has 1 saturated carbocycles. The van der Waals surface area contributed by atoms with Crippen LogP contribution in [0.4, 0.5) is 18.9 Å². The van der Waals surface area contributed by atoms with Gasteiger partial charge in [-0.25, -0.2) is 0 Å². The van der Waals surface area contributed by atoms with E-state index in [-0.39, 0.29) is 21.9 Å². The van der Waals surface area contributed by atoms with Crippen LogP contribution in [0.15, 0.2) is 18.2 Å². The minimum Gasteiger partial charge on any atom is -0.360 e. The van der Waals surface area contributed by atoms with E-state index in [9.17, 15) is 13.2 Å². The maximum absolute atomic E-state index is 12.8. The number of rotatable bonds is 2. The van der Waals surface area contributed by atoms with Crippen LogP contribution in [0.1, 0.15) is 18.4 Å². The van der Waals surface area contributed by atoms with Gasteiger partial charge in [-0.3, -0.25) is 0 Å². The van der Waals surface area contributed by atoms with Crippen LogP contribution >= 0.6 is 23.8 Å². The van der Waals surface area contributed by atoms with E-state index >= 15 is 0 Å². The lowest BCUT2D eigenvalue weighted by molar-refractivity contribution is -0.136. The molecule has 1 aliphatic rings. The second-order valence-corrected chi connectivity index (χ2v) is 4.91. The van der Waals surface area contributed by atoms with E-state index in [0.717, 1.165) is 18.9 Å². The predicted octanol–water partition coefficient (Wildman–Crippen LogP) is 3.81. The third-order valence-electron chi connectivity index (χ3n) is 2.45. The van der Waals surface area contributed by atoms with Gasteiger partial charge >= 0.3 is 6.18 Å². The summed E-state index contributed by atoms with van der Waals surface area (Å²) < 4.78 is 38.4. The molecule has 18 heavy (non-hydrogen) atoms. The van der Waals surface area contributed by atoms with Crippen LogP contribution in [0.3, 0.4) is 0 Å². The molecule has 2 N–H and O–H groups in total. The lowest BCUT2D eigenvalue weighted by Gasteiger charge is -2.16. The van der Waals surface area contributed by atoms with Crippen molar-refractivity contribution in [2.24, 2.45) is 0 Å². The maximum Gasteiger partial charge on any atom is 0.418 e. The van der Waals surface area contributed by atoms with Crippen molar-refractivity contribution in [1.82, 2.24) is 5.32 Å². The molecule has 7 heteroatoms. The summed E-state index contributed by atoms with van der Waals surface area (Å²) in [6, 6.07) is 3.82. The highest BCUT2D eigenvalue weighted by Crippen LogP contribution is 2.36. The van der Waals surface area contributed by atoms with E-state index in [1.54, 1.807) is 0 Å². The van der Waals surface area contributed by atoms with E-state index in [4.69, 9.17) is 23.8 Å². The van der Waals surface area contributed by atoms with Gasteiger partial charge in [0, 0.05) is 11.1 Å². The average molecular weight is 295 g/mol. The fraction of sp³-hybridized carbons (Fsp3) is 0.364. The van der Waals surface area contributed by atoms with Gasteiger partial charge in [-0.05, 0) is 43.3 Å². The Labute approximate surface area is 113 Å². The average Bonchev–Trinajstić information content (AvgIpc) is 3.03. The zero-order valence-corrected chi connectivity index (χ0v) is 10.7. The minimum atomic E-state index is -4.47. The molecule has 0 aromatic heterocycles. The second kappa shape index (κ2) is 4.93. The van der Waals surface area contributed by atoms with Crippen LogP contribution < -0.4 is 10.6 Å². The van der Waals surface area contributed by atoms with E-state index in [2.05, 4.69) is 10.6 Å². The SMILES string of the molecule is FC(F)(F)c1cc(Cl)ccc1NC(=S)NC1CC1. The number of thiocarbonyl (C=S) groups is 1. The molecule has 1 fully saturated rings. The Morgan fingerprint density at radius 2 is 2.00 bits per heavy atom. The highest BCUT2D eigenvalue weighted by atomic mass is 35.5. The molecule has 2 rings (SSSR count). The summed E-state index contributed by atoms with van der Waals surface area (Å²) in [5.41, 5.74) is -0.917. The first-order valence-electron chi connectivity index (χ1n) is 5.30. The molecule has 0 atom stereocenters. The van der Waals surface area contributed by atoms with Gasteiger partial charge in [0.05, 0.1) is 11.3 Å². The second-order valence-electron chi connectivity index (χ2n) is 4.06. The molecule has 98 valence electrons. The van der Waals surface area contributed by atoms with Crippen LogP contribution in [0.2, 0.25) is 5.02 Å². The molecule has 1 aromatic rings. The lowest BCUT2D eigenvalue weighted by atomic mass is 10.1. The van der Waals surface area contributed by atoms with Gasteiger partial charge in [0.25, 0.3) is 0 Å². The van der Waals surface area contributed by atoms with Crippen LogP contribution in [-0.2, 0) is 6.18 Å². The van der Waals surface area contributed by atoms with Gasteiger partial charge in [0.15, 0.2) is 5.11 Å². The molecular weight excluding hydrogens is 285 g/mol. The number of halogens is 4. The summed E-state index contributed by atoms with van der Waals surface area (Å²) in [5.74, 6) is 0. The smallest absolute Gasteiger partial charge is 0.360 e. The molecule has 0 amide bonds. The summed E-state index contributed by atoms with van der Waals surface area (Å²) in [5, 5.41) is 5.71. The molecule has 1 aromatic carbocycles. The van der Waals surface area contributed by atoms with Gasteiger partial charge < -0.3 is 10.6 Å². The first kappa shape index (κ1) is 13.4. The Morgan fingerprint density at radius 1 is 1.33 bits per heavy atom. The minimum absolute atomic E-state index is 0.0361. The Balaban J connectivity index is 2.17. The molecule has 0 heterocycles. The maximum atomic E-state index is 12.8. The normalized spacial score (nSPS) is 15.3. The fourth-order valence-electron chi connectivity index (χ4n) is 1.43. The summed E-state index contributed by atoms with van der Waals surface area (Å²) in [6.45, 7) is 0. The van der Waals surface area contributed by atoms with Gasteiger partial charge in [-0.1, -0.05) is 11.6 Å². The fourth-order valence-corrected chi connectivity index (χ4v) is 1.88. The highest BCUT2D eigenvalue weighted by molar-refractivity contribution is 7.80. The molecule has 0 spiro atoms. The van der Waals surface area contributed by atoms with Gasteiger partial charge in [0.2, 0.25) is 0 Å². The molecule has 0 aliphatic heterocycles. The van der Waals surface area contributed by atoms with Crippen LogP contribution in [0.25, 0.3) is 0 Å². The Kier molecular flexibility index (Phi) is 3.68. The summed E-state index contributed by atoms with van der Waals surface area (Å²) >= 11 is 10.5. The monoisotopic (exact) mass is 294 g/mol. The van der Waals surface area contributed by atoms with E-state index in [1.807, 2.05) is 0 Å². The summed E-state index contributed by atoms with van der Waals surface area (Å²) in [7, 11) is 0. The molecule has 2 nitrogen and oxygen atoms in total. The van der Waals surface area contributed by atoms with E-state index < -0.39 is 11.7 Å². The standard InChI is InChI=1S/C11H10ClF3N2S/c12-6-1-4-9(8(5-6)11(13,14)15)17-10(18)16-7-2-3-7/h1,4-5,7H,2-3H2,(H2,16,17,18). The largest absolute Gasteiger partial charge is 0.418 e. The molecule has 0 unspecified atom stereocenters. The summed E-state index contributed by atoms with van der Waals surface area (Å²) in [4.78, 5) is 0. The van der Waals surface area contributed by atoms with Gasteiger partial charge in [-0.15, -0.1) is 0 Å². The van der Waals surface area contributed by atoms with Crippen molar-refractivity contribution in [3.05, 3.63) is 28.8 Å². The lowest BCUT2D eigenvalue weighted by Crippen LogP contribution is -2.31. The predicted molar refractivity (Wildman–Crippen MR) is 68.8 cm³/mol. The van der Waals surface area contributed by atoms with Crippen molar-refractivity contribution in [2.45, 2.75) is 25.1 Å². The Morgan fingerprint density at radius 3 is 2.56 bits per heavy atom. The molecule has 0 bridgehead atoms. The van der Waals surface area contributed by atoms with Crippen molar-refractivity contribution in [3.63, 3.8) is 0 Å². The molecule has 0 saturated heterocycles.